The van der Waals surface area contributed by atoms with Crippen molar-refractivity contribution in [2.24, 2.45) is 0 Å². The largest absolute Gasteiger partial charge is 0.493 e. The first-order valence-electron chi connectivity index (χ1n) is 13.8. The zero-order chi connectivity index (χ0) is 24.5. The molecule has 3 aliphatic rings. The van der Waals surface area contributed by atoms with E-state index in [1.807, 2.05) is 6.92 Å². The van der Waals surface area contributed by atoms with E-state index in [0.717, 1.165) is 56.3 Å². The van der Waals surface area contributed by atoms with Gasteiger partial charge in [0.2, 0.25) is 0 Å². The predicted molar refractivity (Wildman–Crippen MR) is 141 cm³/mol. The highest BCUT2D eigenvalue weighted by Crippen LogP contribution is 2.42. The summed E-state index contributed by atoms with van der Waals surface area (Å²) in [5.74, 6) is 0.898. The van der Waals surface area contributed by atoms with Gasteiger partial charge >= 0.3 is 5.97 Å². The Morgan fingerprint density at radius 1 is 0.971 bits per heavy atom. The molecule has 1 aliphatic carbocycles. The van der Waals surface area contributed by atoms with Crippen LogP contribution in [-0.2, 0) is 35.3 Å². The summed E-state index contributed by atoms with van der Waals surface area (Å²) in [6, 6.07) is 5.10. The van der Waals surface area contributed by atoms with Crippen molar-refractivity contribution in [3.05, 3.63) is 51.1 Å². The number of carbonyl (C=O) groups is 1. The first-order valence-corrected chi connectivity index (χ1v) is 13.8. The molecule has 2 heterocycles. The van der Waals surface area contributed by atoms with Crippen molar-refractivity contribution in [1.29, 1.82) is 0 Å². The van der Waals surface area contributed by atoms with Gasteiger partial charge < -0.3 is 9.47 Å². The molecule has 0 bridgehead atoms. The number of carbonyl (C=O) groups excluding carboxylic acids is 1. The van der Waals surface area contributed by atoms with E-state index in [4.69, 9.17) is 9.47 Å². The monoisotopic (exact) mass is 475 g/mol. The van der Waals surface area contributed by atoms with Crippen molar-refractivity contribution in [1.82, 2.24) is 4.90 Å². The second-order valence-electron chi connectivity index (χ2n) is 10.7. The lowest BCUT2D eigenvalue weighted by molar-refractivity contribution is -0.142. The van der Waals surface area contributed by atoms with Gasteiger partial charge in [0, 0.05) is 19.1 Å². The maximum atomic E-state index is 12.8. The smallest absolute Gasteiger partial charge is 0.310 e. The Balaban J connectivity index is 1.63. The van der Waals surface area contributed by atoms with Gasteiger partial charge in [-0.3, -0.25) is 9.69 Å². The van der Waals surface area contributed by atoms with Crippen LogP contribution in [0.15, 0.2) is 12.1 Å². The van der Waals surface area contributed by atoms with Crippen LogP contribution in [0.25, 0.3) is 11.1 Å². The maximum absolute atomic E-state index is 12.8. The van der Waals surface area contributed by atoms with Gasteiger partial charge in [-0.05, 0) is 116 Å². The summed E-state index contributed by atoms with van der Waals surface area (Å²) in [5.41, 5.74) is 11.9. The third kappa shape index (κ3) is 4.62. The van der Waals surface area contributed by atoms with Crippen molar-refractivity contribution in [2.45, 2.75) is 98.1 Å². The molecule has 0 unspecified atom stereocenters. The first kappa shape index (κ1) is 24.4. The van der Waals surface area contributed by atoms with Crippen LogP contribution in [0.4, 0.5) is 0 Å². The zero-order valence-electron chi connectivity index (χ0n) is 22.1. The van der Waals surface area contributed by atoms with Crippen LogP contribution in [0.3, 0.4) is 0 Å². The van der Waals surface area contributed by atoms with Crippen molar-refractivity contribution in [3.63, 3.8) is 0 Å². The summed E-state index contributed by atoms with van der Waals surface area (Å²) in [7, 11) is 0. The fraction of sp³-hybridized carbons (Fsp3) is 0.581. The first-order chi connectivity index (χ1) is 17.0. The van der Waals surface area contributed by atoms with Crippen LogP contribution in [0.2, 0.25) is 0 Å². The summed E-state index contributed by atoms with van der Waals surface area (Å²) in [6.07, 6.45) is 10.3. The van der Waals surface area contributed by atoms with E-state index in [1.54, 1.807) is 0 Å². The number of hydrogen-bond donors (Lipinski definition) is 0. The second kappa shape index (κ2) is 10.3. The number of fused-ring (bicyclic) bond motifs is 2. The van der Waals surface area contributed by atoms with E-state index >= 15 is 0 Å². The average Bonchev–Trinajstić information content (AvgIpc) is 2.89. The normalized spacial score (nSPS) is 18.5. The summed E-state index contributed by atoms with van der Waals surface area (Å²) in [6.45, 7) is 12.0. The van der Waals surface area contributed by atoms with Crippen molar-refractivity contribution < 1.29 is 14.3 Å². The maximum Gasteiger partial charge on any atom is 0.310 e. The van der Waals surface area contributed by atoms with Crippen LogP contribution in [0, 0.1) is 20.8 Å². The van der Waals surface area contributed by atoms with E-state index < -0.39 is 0 Å². The Hall–Kier alpha value is -2.33. The van der Waals surface area contributed by atoms with E-state index in [0.29, 0.717) is 13.0 Å². The van der Waals surface area contributed by atoms with Gasteiger partial charge in [0.25, 0.3) is 0 Å². The number of rotatable bonds is 5. The third-order valence-corrected chi connectivity index (χ3v) is 8.78. The van der Waals surface area contributed by atoms with Gasteiger partial charge in [-0.25, -0.2) is 0 Å². The Morgan fingerprint density at radius 3 is 2.54 bits per heavy atom. The molecule has 2 aliphatic heterocycles. The highest BCUT2D eigenvalue weighted by Gasteiger charge is 2.30. The molecule has 2 aromatic carbocycles. The lowest BCUT2D eigenvalue weighted by atomic mass is 9.79. The fourth-order valence-electron chi connectivity index (χ4n) is 6.87. The van der Waals surface area contributed by atoms with Gasteiger partial charge in [-0.2, -0.15) is 0 Å². The fourth-order valence-corrected chi connectivity index (χ4v) is 6.87. The summed E-state index contributed by atoms with van der Waals surface area (Å²) in [5, 5.41) is 0. The summed E-state index contributed by atoms with van der Waals surface area (Å²) >= 11 is 0. The molecule has 0 radical (unpaired) electrons. The lowest BCUT2D eigenvalue weighted by Gasteiger charge is -2.39. The van der Waals surface area contributed by atoms with Crippen LogP contribution in [0.5, 0.6) is 5.75 Å². The molecule has 0 atom stereocenters. The molecule has 35 heavy (non-hydrogen) atoms. The van der Waals surface area contributed by atoms with E-state index in [-0.39, 0.29) is 5.97 Å². The molecule has 4 heteroatoms. The Labute approximate surface area is 211 Å². The van der Waals surface area contributed by atoms with Crippen LogP contribution < -0.4 is 4.74 Å². The lowest BCUT2D eigenvalue weighted by Crippen LogP contribution is -2.41. The standard InChI is InChI=1S/C31H41NO3/c1-5-34-30(33)18-27-20(2)24-15-16-32(23-10-7-6-8-11-23)19-28(24)22(4)31(27)26-13-14-29-25(21(26)3)12-9-17-35-29/h13-14,23H,5-12,15-19H2,1-4H3. The minimum absolute atomic E-state index is 0.130. The molecule has 1 fully saturated rings. The predicted octanol–water partition coefficient (Wildman–Crippen LogP) is 6.40. The number of esters is 1. The zero-order valence-corrected chi connectivity index (χ0v) is 22.1. The molecule has 0 N–H and O–H groups in total. The highest BCUT2D eigenvalue weighted by molar-refractivity contribution is 5.84. The Kier molecular flexibility index (Phi) is 7.20. The van der Waals surface area contributed by atoms with E-state index in [1.165, 1.54) is 76.6 Å². The number of hydrogen-bond acceptors (Lipinski definition) is 4. The number of ether oxygens (including phenoxy) is 2. The molecule has 188 valence electrons. The molecule has 0 saturated heterocycles. The van der Waals surface area contributed by atoms with Crippen LogP contribution in [0.1, 0.15) is 84.4 Å². The quantitative estimate of drug-likeness (QED) is 0.469. The molecular weight excluding hydrogens is 434 g/mol. The SMILES string of the molecule is CCOC(=O)Cc1c(C)c2c(c(C)c1-c1ccc3c(c1C)CCCO3)CN(C1CCCCC1)CC2. The van der Waals surface area contributed by atoms with Gasteiger partial charge in [0.1, 0.15) is 5.75 Å². The van der Waals surface area contributed by atoms with Crippen molar-refractivity contribution in [2.75, 3.05) is 19.8 Å². The molecule has 1 saturated carbocycles. The van der Waals surface area contributed by atoms with Gasteiger partial charge in [0.05, 0.1) is 19.6 Å². The third-order valence-electron chi connectivity index (χ3n) is 8.78. The van der Waals surface area contributed by atoms with E-state index in [9.17, 15) is 4.79 Å². The second-order valence-corrected chi connectivity index (χ2v) is 10.7. The minimum atomic E-state index is -0.130. The van der Waals surface area contributed by atoms with Gasteiger partial charge in [-0.1, -0.05) is 25.3 Å². The van der Waals surface area contributed by atoms with E-state index in [2.05, 4.69) is 37.8 Å². The Bertz CT molecular complexity index is 1110. The van der Waals surface area contributed by atoms with Crippen molar-refractivity contribution in [3.8, 4) is 16.9 Å². The van der Waals surface area contributed by atoms with Gasteiger partial charge in [-0.15, -0.1) is 0 Å². The number of benzene rings is 2. The minimum Gasteiger partial charge on any atom is -0.493 e. The molecule has 0 spiro atoms. The summed E-state index contributed by atoms with van der Waals surface area (Å²) in [4.78, 5) is 15.5. The molecule has 0 amide bonds. The molecule has 5 rings (SSSR count). The van der Waals surface area contributed by atoms with Crippen LogP contribution in [-0.4, -0.2) is 36.7 Å². The average molecular weight is 476 g/mol. The van der Waals surface area contributed by atoms with Crippen molar-refractivity contribution >= 4 is 5.97 Å². The van der Waals surface area contributed by atoms with Gasteiger partial charge in [0.15, 0.2) is 0 Å². The Morgan fingerprint density at radius 2 is 1.77 bits per heavy atom. The molecule has 2 aromatic rings. The topological polar surface area (TPSA) is 38.8 Å². The van der Waals surface area contributed by atoms with Crippen LogP contribution >= 0.6 is 0 Å². The molecule has 0 aromatic heterocycles. The highest BCUT2D eigenvalue weighted by atomic mass is 16.5. The number of nitrogens with zero attached hydrogens (tertiary/aromatic N) is 1. The molecular formula is C31H41NO3. The molecule has 4 nitrogen and oxygen atoms in total. The summed E-state index contributed by atoms with van der Waals surface area (Å²) < 4.78 is 11.4.